The Balaban J connectivity index is 1.89. The Labute approximate surface area is 115 Å². The monoisotopic (exact) mass is 264 g/mol. The predicted molar refractivity (Wildman–Crippen MR) is 75.9 cm³/mol. The third-order valence-corrected chi connectivity index (χ3v) is 3.58. The molecular formula is C15H24N2O2. The van der Waals surface area contributed by atoms with Crippen LogP contribution in [-0.4, -0.2) is 19.3 Å². The molecule has 0 aromatic heterocycles. The number of hydrazine groups is 1. The quantitative estimate of drug-likeness (QED) is 0.559. The van der Waals surface area contributed by atoms with E-state index in [-0.39, 0.29) is 12.1 Å². The first-order valence-electron chi connectivity index (χ1n) is 6.98. The minimum absolute atomic E-state index is 0.160. The minimum atomic E-state index is 0.160. The average molecular weight is 264 g/mol. The number of ether oxygens (including phenoxy) is 2. The number of benzene rings is 1. The van der Waals surface area contributed by atoms with E-state index in [2.05, 4.69) is 24.5 Å². The van der Waals surface area contributed by atoms with E-state index in [1.54, 1.807) is 7.11 Å². The molecule has 1 saturated carbocycles. The molecule has 19 heavy (non-hydrogen) atoms. The van der Waals surface area contributed by atoms with Crippen LogP contribution in [0.1, 0.15) is 44.2 Å². The molecule has 2 rings (SSSR count). The van der Waals surface area contributed by atoms with E-state index in [9.17, 15) is 0 Å². The Morgan fingerprint density at radius 3 is 2.47 bits per heavy atom. The molecule has 0 spiro atoms. The Hall–Kier alpha value is -1.10. The molecule has 1 aliphatic carbocycles. The molecule has 0 amide bonds. The molecule has 2 atom stereocenters. The lowest BCUT2D eigenvalue weighted by molar-refractivity contribution is 0.106. The van der Waals surface area contributed by atoms with Crippen LogP contribution in [0.15, 0.2) is 24.3 Å². The highest BCUT2D eigenvalue weighted by Gasteiger charge is 2.23. The third kappa shape index (κ3) is 4.49. The number of nitrogens with two attached hydrogens (primary N) is 1. The van der Waals surface area contributed by atoms with E-state index >= 15 is 0 Å². The molecular weight excluding hydrogens is 240 g/mol. The summed E-state index contributed by atoms with van der Waals surface area (Å²) in [4.78, 5) is 0. The van der Waals surface area contributed by atoms with Gasteiger partial charge < -0.3 is 9.47 Å². The summed E-state index contributed by atoms with van der Waals surface area (Å²) in [5.41, 5.74) is 4.06. The molecule has 0 heterocycles. The van der Waals surface area contributed by atoms with Crippen molar-refractivity contribution in [3.8, 4) is 5.75 Å². The van der Waals surface area contributed by atoms with Gasteiger partial charge in [-0.2, -0.15) is 0 Å². The molecule has 3 N–H and O–H groups in total. The van der Waals surface area contributed by atoms with Crippen molar-refractivity contribution in [3.05, 3.63) is 29.8 Å². The second-order valence-electron chi connectivity index (χ2n) is 5.23. The highest BCUT2D eigenvalue weighted by atomic mass is 16.5. The normalized spacial score (nSPS) is 18.1. The number of methoxy groups -OCH3 is 1. The van der Waals surface area contributed by atoms with E-state index in [0.717, 1.165) is 18.6 Å². The Morgan fingerprint density at radius 1 is 1.26 bits per heavy atom. The maximum absolute atomic E-state index is 5.74. The molecule has 1 aromatic carbocycles. The molecule has 2 unspecified atom stereocenters. The van der Waals surface area contributed by atoms with Gasteiger partial charge in [-0.3, -0.25) is 11.3 Å². The van der Waals surface area contributed by atoms with Gasteiger partial charge in [-0.25, -0.2) is 0 Å². The number of rotatable bonds is 8. The summed E-state index contributed by atoms with van der Waals surface area (Å²) >= 11 is 0. The van der Waals surface area contributed by atoms with E-state index < -0.39 is 0 Å². The van der Waals surface area contributed by atoms with Crippen LogP contribution in [0.25, 0.3) is 0 Å². The van der Waals surface area contributed by atoms with Crippen molar-refractivity contribution in [2.45, 2.75) is 50.9 Å². The fraction of sp³-hybridized carbons (Fsp3) is 0.600. The van der Waals surface area contributed by atoms with Crippen molar-refractivity contribution in [3.63, 3.8) is 0 Å². The van der Waals surface area contributed by atoms with Gasteiger partial charge in [0.25, 0.3) is 0 Å². The van der Waals surface area contributed by atoms with Gasteiger partial charge in [0.2, 0.25) is 0 Å². The summed E-state index contributed by atoms with van der Waals surface area (Å²) < 4.78 is 11.0. The first-order valence-corrected chi connectivity index (χ1v) is 6.98. The summed E-state index contributed by atoms with van der Waals surface area (Å²) in [6.45, 7) is 2.07. The zero-order valence-corrected chi connectivity index (χ0v) is 11.8. The smallest absolute Gasteiger partial charge is 0.119 e. The summed E-state index contributed by atoms with van der Waals surface area (Å²) in [5.74, 6) is 6.59. The molecule has 4 nitrogen and oxygen atoms in total. The molecule has 0 saturated heterocycles. The molecule has 106 valence electrons. The number of nitrogens with one attached hydrogen (secondary N) is 1. The van der Waals surface area contributed by atoms with Crippen LogP contribution >= 0.6 is 0 Å². The molecule has 0 bridgehead atoms. The Morgan fingerprint density at radius 2 is 1.95 bits per heavy atom. The van der Waals surface area contributed by atoms with Crippen molar-refractivity contribution < 1.29 is 9.47 Å². The topological polar surface area (TPSA) is 56.5 Å². The van der Waals surface area contributed by atoms with Gasteiger partial charge in [-0.05, 0) is 50.3 Å². The van der Waals surface area contributed by atoms with Gasteiger partial charge in [0.05, 0.1) is 12.2 Å². The summed E-state index contributed by atoms with van der Waals surface area (Å²) in [7, 11) is 1.74. The van der Waals surface area contributed by atoms with Crippen LogP contribution in [-0.2, 0) is 4.74 Å². The molecule has 1 aromatic rings. The number of hydrogen-bond donors (Lipinski definition) is 2. The lowest BCUT2D eigenvalue weighted by atomic mass is 10.0. The lowest BCUT2D eigenvalue weighted by Crippen LogP contribution is -2.28. The van der Waals surface area contributed by atoms with E-state index in [1.165, 1.54) is 18.4 Å². The first kappa shape index (κ1) is 14.3. The second kappa shape index (κ2) is 6.89. The summed E-state index contributed by atoms with van der Waals surface area (Å²) in [5, 5.41) is 0. The largest absolute Gasteiger partial charge is 0.490 e. The zero-order chi connectivity index (χ0) is 13.7. The van der Waals surface area contributed by atoms with Crippen molar-refractivity contribution in [1.82, 2.24) is 5.43 Å². The van der Waals surface area contributed by atoms with Crippen molar-refractivity contribution in [1.29, 1.82) is 0 Å². The Bertz CT molecular complexity index is 376. The fourth-order valence-electron chi connectivity index (χ4n) is 2.02. The van der Waals surface area contributed by atoms with Crippen molar-refractivity contribution in [2.24, 2.45) is 5.84 Å². The SMILES string of the molecule is COC(C)CCC(NN)c1ccc(OC2CC2)cc1. The summed E-state index contributed by atoms with van der Waals surface area (Å²) in [6.07, 6.45) is 5.00. The van der Waals surface area contributed by atoms with Gasteiger partial charge in [0, 0.05) is 13.2 Å². The molecule has 4 heteroatoms. The number of hydrogen-bond acceptors (Lipinski definition) is 4. The predicted octanol–water partition coefficient (Wildman–Crippen LogP) is 2.55. The highest BCUT2D eigenvalue weighted by Crippen LogP contribution is 2.28. The second-order valence-corrected chi connectivity index (χ2v) is 5.23. The first-order chi connectivity index (χ1) is 9.22. The van der Waals surface area contributed by atoms with Crippen LogP contribution in [0.4, 0.5) is 0 Å². The van der Waals surface area contributed by atoms with Crippen LogP contribution in [0.2, 0.25) is 0 Å². The molecule has 0 aliphatic heterocycles. The van der Waals surface area contributed by atoms with E-state index in [1.807, 2.05) is 12.1 Å². The molecule has 1 aliphatic rings. The van der Waals surface area contributed by atoms with Gasteiger partial charge in [0.1, 0.15) is 5.75 Å². The average Bonchev–Trinajstić information content (AvgIpc) is 3.24. The fourth-order valence-corrected chi connectivity index (χ4v) is 2.02. The highest BCUT2D eigenvalue weighted by molar-refractivity contribution is 5.29. The van der Waals surface area contributed by atoms with Gasteiger partial charge in [-0.1, -0.05) is 12.1 Å². The van der Waals surface area contributed by atoms with Crippen LogP contribution in [0, 0.1) is 0 Å². The molecule has 0 radical (unpaired) electrons. The standard InChI is InChI=1S/C15H24N2O2/c1-11(18-2)3-10-15(17-16)12-4-6-13(7-5-12)19-14-8-9-14/h4-7,11,14-15,17H,3,8-10,16H2,1-2H3. The van der Waals surface area contributed by atoms with Gasteiger partial charge in [0.15, 0.2) is 0 Å². The van der Waals surface area contributed by atoms with Crippen LogP contribution in [0.3, 0.4) is 0 Å². The van der Waals surface area contributed by atoms with Crippen molar-refractivity contribution in [2.75, 3.05) is 7.11 Å². The van der Waals surface area contributed by atoms with Gasteiger partial charge >= 0.3 is 0 Å². The van der Waals surface area contributed by atoms with E-state index in [4.69, 9.17) is 15.3 Å². The Kier molecular flexibility index (Phi) is 5.19. The molecule has 1 fully saturated rings. The van der Waals surface area contributed by atoms with E-state index in [0.29, 0.717) is 6.10 Å². The van der Waals surface area contributed by atoms with Crippen molar-refractivity contribution >= 4 is 0 Å². The van der Waals surface area contributed by atoms with Crippen LogP contribution in [0.5, 0.6) is 5.75 Å². The maximum atomic E-state index is 5.74. The van der Waals surface area contributed by atoms with Crippen LogP contribution < -0.4 is 16.0 Å². The minimum Gasteiger partial charge on any atom is -0.490 e. The van der Waals surface area contributed by atoms with Gasteiger partial charge in [-0.15, -0.1) is 0 Å². The zero-order valence-electron chi connectivity index (χ0n) is 11.8. The maximum Gasteiger partial charge on any atom is 0.119 e. The third-order valence-electron chi connectivity index (χ3n) is 3.58. The lowest BCUT2D eigenvalue weighted by Gasteiger charge is -2.18. The summed E-state index contributed by atoms with van der Waals surface area (Å²) in [6, 6.07) is 8.38.